The van der Waals surface area contributed by atoms with Crippen LogP contribution in [0.3, 0.4) is 0 Å². The molecule has 1 aromatic carbocycles. The average Bonchev–Trinajstić information content (AvgIpc) is 2.39. The minimum absolute atomic E-state index is 0.0189. The van der Waals surface area contributed by atoms with Crippen LogP contribution in [-0.4, -0.2) is 27.5 Å². The Morgan fingerprint density at radius 3 is 2.79 bits per heavy atom. The van der Waals surface area contributed by atoms with Crippen molar-refractivity contribution in [3.63, 3.8) is 0 Å². The number of rotatable bonds is 4. The lowest BCUT2D eigenvalue weighted by atomic mass is 10.1. The third kappa shape index (κ3) is 4.31. The van der Waals surface area contributed by atoms with Gasteiger partial charge in [-0.25, -0.2) is 13.1 Å². The number of nitriles is 1. The fourth-order valence-electron chi connectivity index (χ4n) is 2.19. The van der Waals surface area contributed by atoms with Crippen LogP contribution in [0.4, 0.5) is 0 Å². The fourth-order valence-corrected chi connectivity index (χ4v) is 3.63. The number of hydrogen-bond acceptors (Lipinski definition) is 4. The van der Waals surface area contributed by atoms with E-state index in [1.165, 1.54) is 0 Å². The topological polar surface area (TPSA) is 82.0 Å². The summed E-state index contributed by atoms with van der Waals surface area (Å²) in [6, 6.07) is 8.73. The summed E-state index contributed by atoms with van der Waals surface area (Å²) in [5.41, 5.74) is 1.12. The third-order valence-corrected chi connectivity index (χ3v) is 4.50. The zero-order valence-corrected chi connectivity index (χ0v) is 11.4. The van der Waals surface area contributed by atoms with E-state index in [0.29, 0.717) is 11.1 Å². The van der Waals surface area contributed by atoms with E-state index in [1.54, 1.807) is 24.3 Å². The zero-order chi connectivity index (χ0) is 13.7. The number of sulfonamides is 1. The van der Waals surface area contributed by atoms with E-state index in [4.69, 9.17) is 5.26 Å². The van der Waals surface area contributed by atoms with E-state index < -0.39 is 10.0 Å². The minimum atomic E-state index is -3.35. The predicted molar refractivity (Wildman–Crippen MR) is 72.8 cm³/mol. The van der Waals surface area contributed by atoms with E-state index >= 15 is 0 Å². The van der Waals surface area contributed by atoms with Crippen molar-refractivity contribution in [1.82, 2.24) is 10.0 Å². The molecule has 1 aliphatic heterocycles. The van der Waals surface area contributed by atoms with Crippen LogP contribution in [0, 0.1) is 11.3 Å². The molecular formula is C13H17N3O2S. The van der Waals surface area contributed by atoms with Crippen molar-refractivity contribution in [2.45, 2.75) is 24.6 Å². The van der Waals surface area contributed by atoms with Crippen LogP contribution < -0.4 is 10.0 Å². The maximum Gasteiger partial charge on any atom is 0.216 e. The second-order valence-electron chi connectivity index (χ2n) is 4.71. The van der Waals surface area contributed by atoms with Gasteiger partial charge in [-0.2, -0.15) is 5.26 Å². The molecular weight excluding hydrogens is 262 g/mol. The molecule has 0 atom stereocenters. The number of benzene rings is 1. The van der Waals surface area contributed by atoms with Crippen molar-refractivity contribution in [3.05, 3.63) is 35.4 Å². The molecule has 1 aromatic rings. The summed E-state index contributed by atoms with van der Waals surface area (Å²) in [6.07, 6.45) is 1.63. The van der Waals surface area contributed by atoms with Crippen molar-refractivity contribution in [2.24, 2.45) is 0 Å². The maximum absolute atomic E-state index is 12.1. The molecule has 19 heavy (non-hydrogen) atoms. The number of piperidine rings is 1. The summed E-state index contributed by atoms with van der Waals surface area (Å²) in [5.74, 6) is -0.0769. The molecule has 0 unspecified atom stereocenters. The maximum atomic E-state index is 12.1. The first-order valence-corrected chi connectivity index (χ1v) is 7.94. The Morgan fingerprint density at radius 1 is 1.37 bits per heavy atom. The first kappa shape index (κ1) is 14.0. The number of hydrogen-bond donors (Lipinski definition) is 2. The normalized spacial score (nSPS) is 17.0. The standard InChI is InChI=1S/C13H17N3O2S/c14-9-11-2-1-3-12(8-11)10-19(17,18)16-13-4-6-15-7-5-13/h1-3,8,13,15-16H,4-7,10H2. The second-order valence-corrected chi connectivity index (χ2v) is 6.47. The quantitative estimate of drug-likeness (QED) is 0.851. The van der Waals surface area contributed by atoms with Gasteiger partial charge < -0.3 is 5.32 Å². The SMILES string of the molecule is N#Cc1cccc(CS(=O)(=O)NC2CCNCC2)c1. The molecule has 0 aromatic heterocycles. The molecule has 5 nitrogen and oxygen atoms in total. The van der Waals surface area contributed by atoms with E-state index in [0.717, 1.165) is 25.9 Å². The molecule has 1 saturated heterocycles. The predicted octanol–water partition coefficient (Wildman–Crippen LogP) is 0.730. The highest BCUT2D eigenvalue weighted by molar-refractivity contribution is 7.88. The van der Waals surface area contributed by atoms with E-state index in [1.807, 2.05) is 6.07 Å². The summed E-state index contributed by atoms with van der Waals surface area (Å²) in [5, 5.41) is 12.0. The highest BCUT2D eigenvalue weighted by atomic mass is 32.2. The third-order valence-electron chi connectivity index (χ3n) is 3.10. The van der Waals surface area contributed by atoms with Gasteiger partial charge in [-0.3, -0.25) is 0 Å². The second kappa shape index (κ2) is 6.15. The van der Waals surface area contributed by atoms with Crippen LogP contribution in [0.25, 0.3) is 0 Å². The summed E-state index contributed by atoms with van der Waals surface area (Å²) >= 11 is 0. The molecule has 1 aliphatic rings. The molecule has 0 bridgehead atoms. The highest BCUT2D eigenvalue weighted by Gasteiger charge is 2.20. The molecule has 102 valence electrons. The minimum Gasteiger partial charge on any atom is -0.317 e. The smallest absolute Gasteiger partial charge is 0.216 e. The van der Waals surface area contributed by atoms with Gasteiger partial charge in [-0.15, -0.1) is 0 Å². The summed E-state index contributed by atoms with van der Waals surface area (Å²) < 4.78 is 26.8. The summed E-state index contributed by atoms with van der Waals surface area (Å²) in [7, 11) is -3.35. The number of nitrogens with one attached hydrogen (secondary N) is 2. The molecule has 1 heterocycles. The first-order valence-electron chi connectivity index (χ1n) is 6.29. The van der Waals surface area contributed by atoms with Gasteiger partial charge in [0.05, 0.1) is 17.4 Å². The Bertz CT molecular complexity index is 572. The van der Waals surface area contributed by atoms with Crippen LogP contribution in [0.5, 0.6) is 0 Å². The van der Waals surface area contributed by atoms with Gasteiger partial charge in [0.1, 0.15) is 0 Å². The van der Waals surface area contributed by atoms with Crippen LogP contribution in [-0.2, 0) is 15.8 Å². The molecule has 0 amide bonds. The lowest BCUT2D eigenvalue weighted by molar-refractivity contribution is 0.427. The lowest BCUT2D eigenvalue weighted by Crippen LogP contribution is -2.43. The van der Waals surface area contributed by atoms with Crippen LogP contribution in [0.2, 0.25) is 0 Å². The van der Waals surface area contributed by atoms with Crippen molar-refractivity contribution in [2.75, 3.05) is 13.1 Å². The molecule has 0 aliphatic carbocycles. The van der Waals surface area contributed by atoms with Crippen molar-refractivity contribution >= 4 is 10.0 Å². The molecule has 2 rings (SSSR count). The molecule has 6 heteroatoms. The van der Waals surface area contributed by atoms with E-state index in [2.05, 4.69) is 10.0 Å². The zero-order valence-electron chi connectivity index (χ0n) is 10.6. The van der Waals surface area contributed by atoms with Gasteiger partial charge in [-0.05, 0) is 43.6 Å². The Morgan fingerprint density at radius 2 is 2.11 bits per heavy atom. The Balaban J connectivity index is 2.01. The molecule has 0 saturated carbocycles. The van der Waals surface area contributed by atoms with Crippen molar-refractivity contribution in [1.29, 1.82) is 5.26 Å². The molecule has 0 spiro atoms. The molecule has 1 fully saturated rings. The highest BCUT2D eigenvalue weighted by Crippen LogP contribution is 2.10. The largest absolute Gasteiger partial charge is 0.317 e. The van der Waals surface area contributed by atoms with Gasteiger partial charge >= 0.3 is 0 Å². The van der Waals surface area contributed by atoms with Crippen LogP contribution in [0.1, 0.15) is 24.0 Å². The fraction of sp³-hybridized carbons (Fsp3) is 0.462. The Labute approximate surface area is 113 Å². The van der Waals surface area contributed by atoms with Gasteiger partial charge in [0, 0.05) is 6.04 Å². The lowest BCUT2D eigenvalue weighted by Gasteiger charge is -2.23. The van der Waals surface area contributed by atoms with Crippen molar-refractivity contribution < 1.29 is 8.42 Å². The summed E-state index contributed by atoms with van der Waals surface area (Å²) in [6.45, 7) is 1.69. The Kier molecular flexibility index (Phi) is 4.53. The van der Waals surface area contributed by atoms with Gasteiger partial charge in [0.25, 0.3) is 0 Å². The van der Waals surface area contributed by atoms with Gasteiger partial charge in [0.15, 0.2) is 0 Å². The average molecular weight is 279 g/mol. The van der Waals surface area contributed by atoms with Crippen LogP contribution in [0.15, 0.2) is 24.3 Å². The van der Waals surface area contributed by atoms with Gasteiger partial charge in [-0.1, -0.05) is 12.1 Å². The van der Waals surface area contributed by atoms with E-state index in [9.17, 15) is 8.42 Å². The van der Waals surface area contributed by atoms with Crippen molar-refractivity contribution in [3.8, 4) is 6.07 Å². The van der Waals surface area contributed by atoms with Gasteiger partial charge in [0.2, 0.25) is 10.0 Å². The monoisotopic (exact) mass is 279 g/mol. The molecule has 2 N–H and O–H groups in total. The first-order chi connectivity index (χ1) is 9.09. The summed E-state index contributed by atoms with van der Waals surface area (Å²) in [4.78, 5) is 0. The van der Waals surface area contributed by atoms with Crippen LogP contribution >= 0.6 is 0 Å². The Hall–Kier alpha value is -1.42. The number of nitrogens with zero attached hydrogens (tertiary/aromatic N) is 1. The van der Waals surface area contributed by atoms with E-state index in [-0.39, 0.29) is 11.8 Å². The molecule has 0 radical (unpaired) electrons.